The summed E-state index contributed by atoms with van der Waals surface area (Å²) >= 11 is 5.77. The van der Waals surface area contributed by atoms with Crippen LogP contribution in [0.1, 0.15) is 22.3 Å². The van der Waals surface area contributed by atoms with Gasteiger partial charge in [0.25, 0.3) is 0 Å². The Morgan fingerprint density at radius 1 is 0.640 bits per heavy atom. The van der Waals surface area contributed by atoms with Crippen molar-refractivity contribution in [2.75, 3.05) is 0 Å². The molecule has 0 bridgehead atoms. The molecule has 3 heteroatoms. The molecular formula is C22H12S3. The average molecular weight is 373 g/mol. The van der Waals surface area contributed by atoms with Crippen LogP contribution >= 0.6 is 34.0 Å². The predicted octanol–water partition coefficient (Wildman–Crippen LogP) is 7.32. The lowest BCUT2D eigenvalue weighted by atomic mass is 9.81. The van der Waals surface area contributed by atoms with Crippen LogP contribution in [0.25, 0.3) is 41.1 Å². The minimum atomic E-state index is 1.08. The fourth-order valence-corrected chi connectivity index (χ4v) is 8.04. The predicted molar refractivity (Wildman–Crippen MR) is 112 cm³/mol. The van der Waals surface area contributed by atoms with E-state index in [1.165, 1.54) is 57.7 Å². The molecule has 2 aliphatic rings. The van der Waals surface area contributed by atoms with Gasteiger partial charge >= 0.3 is 0 Å². The minimum Gasteiger partial charge on any atom is -0.144 e. The second-order valence-corrected chi connectivity index (χ2v) is 9.83. The van der Waals surface area contributed by atoms with Crippen LogP contribution in [0.3, 0.4) is 0 Å². The van der Waals surface area contributed by atoms with Gasteiger partial charge in [0.15, 0.2) is 0 Å². The standard InChI is InChI=1S/C22H12S3/c1-4-15-19-12(10-16-21(15)25-17-6-8-24-22(16)17)2-3-14-18(19)11(1)9-13-5-7-23-20(13)14/h1-8H,9-10H2. The van der Waals surface area contributed by atoms with E-state index in [1.54, 1.807) is 5.56 Å². The monoisotopic (exact) mass is 372 g/mol. The summed E-state index contributed by atoms with van der Waals surface area (Å²) < 4.78 is 2.95. The maximum Gasteiger partial charge on any atom is 0.0492 e. The highest BCUT2D eigenvalue weighted by Crippen LogP contribution is 2.52. The Bertz CT molecular complexity index is 1340. The third-order valence-corrected chi connectivity index (χ3v) is 9.03. The zero-order chi connectivity index (χ0) is 16.1. The lowest BCUT2D eigenvalue weighted by Gasteiger charge is -2.24. The van der Waals surface area contributed by atoms with Crippen molar-refractivity contribution in [2.45, 2.75) is 12.8 Å². The number of rotatable bonds is 0. The molecule has 5 aromatic rings. The molecule has 0 nitrogen and oxygen atoms in total. The topological polar surface area (TPSA) is 0 Å². The number of thiophene rings is 3. The third-order valence-electron chi connectivity index (χ3n) is 5.71. The summed E-state index contributed by atoms with van der Waals surface area (Å²) in [6.07, 6.45) is 2.17. The highest BCUT2D eigenvalue weighted by Gasteiger charge is 2.28. The van der Waals surface area contributed by atoms with Gasteiger partial charge in [-0.25, -0.2) is 0 Å². The molecule has 0 aliphatic heterocycles. The summed E-state index contributed by atoms with van der Waals surface area (Å²) in [6, 6.07) is 14.1. The van der Waals surface area contributed by atoms with Crippen LogP contribution in [0.5, 0.6) is 0 Å². The molecule has 0 spiro atoms. The van der Waals surface area contributed by atoms with E-state index in [4.69, 9.17) is 0 Å². The fourth-order valence-electron chi connectivity index (χ4n) is 4.67. The maximum atomic E-state index is 2.39. The molecule has 2 aliphatic carbocycles. The van der Waals surface area contributed by atoms with Gasteiger partial charge in [-0.2, -0.15) is 0 Å². The summed E-state index contributed by atoms with van der Waals surface area (Å²) in [4.78, 5) is 2.99. The Kier molecular flexibility index (Phi) is 2.35. The number of hydrogen-bond acceptors (Lipinski definition) is 3. The lowest BCUT2D eigenvalue weighted by Crippen LogP contribution is -2.04. The van der Waals surface area contributed by atoms with Gasteiger partial charge in [-0.05, 0) is 62.3 Å². The molecule has 0 amide bonds. The Hall–Kier alpha value is -1.94. The first-order valence-electron chi connectivity index (χ1n) is 8.52. The summed E-state index contributed by atoms with van der Waals surface area (Å²) in [5.74, 6) is 0. The summed E-state index contributed by atoms with van der Waals surface area (Å²) in [5.41, 5.74) is 8.98. The zero-order valence-electron chi connectivity index (χ0n) is 13.3. The highest BCUT2D eigenvalue weighted by atomic mass is 32.1. The maximum absolute atomic E-state index is 2.39. The van der Waals surface area contributed by atoms with Crippen molar-refractivity contribution in [2.24, 2.45) is 0 Å². The van der Waals surface area contributed by atoms with Crippen molar-refractivity contribution < 1.29 is 0 Å². The quantitative estimate of drug-likeness (QED) is 0.262. The van der Waals surface area contributed by atoms with Gasteiger partial charge in [-0.15, -0.1) is 34.0 Å². The molecule has 3 heterocycles. The average Bonchev–Trinajstić information content (AvgIpc) is 3.34. The van der Waals surface area contributed by atoms with Crippen molar-refractivity contribution in [3.63, 3.8) is 0 Å². The number of hydrogen-bond donors (Lipinski definition) is 0. The molecule has 118 valence electrons. The van der Waals surface area contributed by atoms with E-state index in [2.05, 4.69) is 47.2 Å². The molecule has 0 radical (unpaired) electrons. The first-order valence-corrected chi connectivity index (χ1v) is 11.1. The Morgan fingerprint density at radius 3 is 2.28 bits per heavy atom. The van der Waals surface area contributed by atoms with E-state index in [-0.39, 0.29) is 0 Å². The SMILES string of the molecule is c1cc2c(s1)-c1ccc3c4c(ccc(c14)C2)-c1sc2ccsc2c1C3. The molecule has 2 aromatic carbocycles. The van der Waals surface area contributed by atoms with Crippen molar-refractivity contribution in [3.05, 3.63) is 69.4 Å². The van der Waals surface area contributed by atoms with Crippen molar-refractivity contribution in [1.82, 2.24) is 0 Å². The largest absolute Gasteiger partial charge is 0.144 e. The van der Waals surface area contributed by atoms with E-state index in [9.17, 15) is 0 Å². The van der Waals surface area contributed by atoms with Crippen LogP contribution < -0.4 is 0 Å². The van der Waals surface area contributed by atoms with Gasteiger partial charge < -0.3 is 0 Å². The Balaban J connectivity index is 1.67. The fraction of sp³-hybridized carbons (Fsp3) is 0.0909. The Labute approximate surface area is 157 Å². The van der Waals surface area contributed by atoms with Crippen LogP contribution in [0.15, 0.2) is 47.2 Å². The lowest BCUT2D eigenvalue weighted by molar-refractivity contribution is 1.20. The summed E-state index contributed by atoms with van der Waals surface area (Å²) in [7, 11) is 0. The van der Waals surface area contributed by atoms with E-state index >= 15 is 0 Å². The van der Waals surface area contributed by atoms with Crippen LogP contribution in [-0.2, 0) is 12.8 Å². The van der Waals surface area contributed by atoms with Gasteiger partial charge in [0, 0.05) is 36.7 Å². The highest BCUT2D eigenvalue weighted by molar-refractivity contribution is 7.29. The van der Waals surface area contributed by atoms with Crippen molar-refractivity contribution in [1.29, 1.82) is 0 Å². The second kappa shape index (κ2) is 4.42. The van der Waals surface area contributed by atoms with Crippen LogP contribution in [-0.4, -0.2) is 0 Å². The number of fused-ring (bicyclic) bond motifs is 6. The van der Waals surface area contributed by atoms with Crippen LogP contribution in [0.4, 0.5) is 0 Å². The summed E-state index contributed by atoms with van der Waals surface area (Å²) in [6.45, 7) is 0. The zero-order valence-corrected chi connectivity index (χ0v) is 15.7. The third kappa shape index (κ3) is 1.53. The number of benzene rings is 2. The molecule has 0 fully saturated rings. The smallest absolute Gasteiger partial charge is 0.0492 e. The molecule has 0 N–H and O–H groups in total. The molecule has 0 saturated carbocycles. The van der Waals surface area contributed by atoms with Gasteiger partial charge in [-0.3, -0.25) is 0 Å². The van der Waals surface area contributed by atoms with E-state index in [0.717, 1.165) is 12.8 Å². The van der Waals surface area contributed by atoms with Crippen LogP contribution in [0, 0.1) is 0 Å². The van der Waals surface area contributed by atoms with Gasteiger partial charge in [-0.1, -0.05) is 24.3 Å². The molecule has 7 rings (SSSR count). The molecule has 0 atom stereocenters. The molecule has 0 unspecified atom stereocenters. The molecule has 0 saturated heterocycles. The second-order valence-electron chi connectivity index (χ2n) is 6.95. The normalized spacial score (nSPS) is 14.1. The molecule has 3 aromatic heterocycles. The first kappa shape index (κ1) is 13.3. The van der Waals surface area contributed by atoms with E-state index < -0.39 is 0 Å². The Morgan fingerprint density at radius 2 is 1.40 bits per heavy atom. The van der Waals surface area contributed by atoms with Crippen LogP contribution in [0.2, 0.25) is 0 Å². The summed E-state index contributed by atoms with van der Waals surface area (Å²) in [5, 5.41) is 7.52. The van der Waals surface area contributed by atoms with Crippen molar-refractivity contribution >= 4 is 54.2 Å². The van der Waals surface area contributed by atoms with Gasteiger partial charge in [0.05, 0.1) is 0 Å². The van der Waals surface area contributed by atoms with E-state index in [1.807, 2.05) is 34.0 Å². The van der Waals surface area contributed by atoms with Crippen molar-refractivity contribution in [3.8, 4) is 20.9 Å². The first-order chi connectivity index (χ1) is 12.4. The minimum absolute atomic E-state index is 1.08. The van der Waals surface area contributed by atoms with Gasteiger partial charge in [0.2, 0.25) is 0 Å². The molecular weight excluding hydrogens is 360 g/mol. The van der Waals surface area contributed by atoms with E-state index in [0.29, 0.717) is 0 Å². The van der Waals surface area contributed by atoms with Gasteiger partial charge in [0.1, 0.15) is 0 Å². The molecule has 25 heavy (non-hydrogen) atoms.